The number of rotatable bonds is 4. The third kappa shape index (κ3) is 3.99. The van der Waals surface area contributed by atoms with Gasteiger partial charge in [0.15, 0.2) is 4.87 Å². The molecule has 1 unspecified atom stereocenters. The summed E-state index contributed by atoms with van der Waals surface area (Å²) in [5.74, 6) is 0.152. The summed E-state index contributed by atoms with van der Waals surface area (Å²) in [4.78, 5) is 29.3. The molecule has 1 saturated heterocycles. The number of nitrogens with zero attached hydrogens (tertiary/aromatic N) is 3. The lowest BCUT2D eigenvalue weighted by Gasteiger charge is -2.33. The van der Waals surface area contributed by atoms with Crippen molar-refractivity contribution in [3.8, 4) is 6.07 Å². The molecule has 2 heterocycles. The van der Waals surface area contributed by atoms with E-state index < -0.39 is 16.7 Å². The number of anilines is 2. The average molecular weight is 501 g/mol. The van der Waals surface area contributed by atoms with Crippen molar-refractivity contribution in [1.82, 2.24) is 4.90 Å². The van der Waals surface area contributed by atoms with Gasteiger partial charge in [0, 0.05) is 23.5 Å². The summed E-state index contributed by atoms with van der Waals surface area (Å²) in [6.07, 6.45) is 0. The van der Waals surface area contributed by atoms with Crippen molar-refractivity contribution in [2.75, 3.05) is 22.5 Å². The van der Waals surface area contributed by atoms with E-state index in [-0.39, 0.29) is 12.5 Å². The molecule has 6 nitrogen and oxygen atoms in total. The van der Waals surface area contributed by atoms with Crippen LogP contribution >= 0.6 is 11.8 Å². The quantitative estimate of drug-likeness (QED) is 0.491. The maximum absolute atomic E-state index is 14.5. The molecular weight excluding hydrogens is 475 g/mol. The van der Waals surface area contributed by atoms with Crippen LogP contribution in [0.3, 0.4) is 0 Å². The molecule has 1 atom stereocenters. The van der Waals surface area contributed by atoms with Gasteiger partial charge in [-0.25, -0.2) is 9.18 Å². The molecule has 2 aliphatic heterocycles. The van der Waals surface area contributed by atoms with E-state index >= 15 is 0 Å². The molecule has 0 saturated carbocycles. The van der Waals surface area contributed by atoms with Crippen molar-refractivity contribution in [3.63, 3.8) is 0 Å². The van der Waals surface area contributed by atoms with E-state index in [4.69, 9.17) is 0 Å². The first kappa shape index (κ1) is 23.9. The zero-order valence-corrected chi connectivity index (χ0v) is 20.8. The van der Waals surface area contributed by atoms with E-state index in [1.165, 1.54) is 28.8 Å². The molecule has 1 N–H and O–H groups in total. The van der Waals surface area contributed by atoms with Crippen LogP contribution in [0.4, 0.5) is 20.6 Å². The van der Waals surface area contributed by atoms with Crippen LogP contribution in [0.25, 0.3) is 0 Å². The Balaban J connectivity index is 1.49. The molecule has 3 aromatic rings. The highest BCUT2D eigenvalue weighted by atomic mass is 32.2. The van der Waals surface area contributed by atoms with E-state index in [9.17, 15) is 19.2 Å². The Hall–Kier alpha value is -3.83. The van der Waals surface area contributed by atoms with E-state index in [1.54, 1.807) is 29.2 Å². The lowest BCUT2D eigenvalue weighted by atomic mass is 10.0. The SMILES string of the molecule is CC(C)c1ccc(NC(=O)N2CCSC23C(=O)N(Cc2cccc(C#N)c2)c2ccc(F)cc23)cc1. The molecule has 0 bridgehead atoms. The lowest BCUT2D eigenvalue weighted by molar-refractivity contribution is -0.123. The molecule has 3 aromatic carbocycles. The second kappa shape index (κ2) is 9.32. The molecular formula is C28H25FN4O2S. The van der Waals surface area contributed by atoms with Gasteiger partial charge in [-0.05, 0) is 59.5 Å². The zero-order valence-electron chi connectivity index (χ0n) is 20.0. The third-order valence-corrected chi connectivity index (χ3v) is 8.05. The highest BCUT2D eigenvalue weighted by molar-refractivity contribution is 8.01. The fraction of sp³-hybridized carbons (Fsp3) is 0.250. The van der Waals surface area contributed by atoms with Crippen LogP contribution in [0.15, 0.2) is 66.7 Å². The van der Waals surface area contributed by atoms with Gasteiger partial charge in [-0.3, -0.25) is 9.69 Å². The van der Waals surface area contributed by atoms with Crippen LogP contribution < -0.4 is 10.2 Å². The number of hydrogen-bond acceptors (Lipinski definition) is 4. The number of carbonyl (C=O) groups excluding carboxylic acids is 2. The average Bonchev–Trinajstić information content (AvgIpc) is 3.41. The minimum absolute atomic E-state index is 0.210. The Kier molecular flexibility index (Phi) is 6.19. The standard InChI is InChI=1S/C28H25FN4O2S/c1-18(2)21-6-9-23(10-7-21)31-27(35)33-12-13-36-28(33)24-15-22(29)8-11-25(24)32(26(28)34)17-20-5-3-4-19(14-20)16-30/h3-11,14-15,18H,12-13,17H2,1-2H3,(H,31,35). The molecule has 1 fully saturated rings. The first-order chi connectivity index (χ1) is 17.3. The molecule has 3 amide bonds. The monoisotopic (exact) mass is 500 g/mol. The van der Waals surface area contributed by atoms with E-state index in [1.807, 2.05) is 30.3 Å². The minimum atomic E-state index is -1.35. The smallest absolute Gasteiger partial charge is 0.308 e. The predicted octanol–water partition coefficient (Wildman–Crippen LogP) is 5.80. The second-order valence-electron chi connectivity index (χ2n) is 9.22. The van der Waals surface area contributed by atoms with E-state index in [2.05, 4.69) is 25.2 Å². The van der Waals surface area contributed by atoms with Gasteiger partial charge in [0.1, 0.15) is 5.82 Å². The van der Waals surface area contributed by atoms with Crippen molar-refractivity contribution >= 4 is 35.1 Å². The van der Waals surface area contributed by atoms with Crippen LogP contribution in [0.1, 0.15) is 42.0 Å². The van der Waals surface area contributed by atoms with Crippen molar-refractivity contribution < 1.29 is 14.0 Å². The minimum Gasteiger partial charge on any atom is -0.308 e. The fourth-order valence-corrected chi connectivity index (χ4v) is 6.26. The molecule has 0 radical (unpaired) electrons. The number of nitrogens with one attached hydrogen (secondary N) is 1. The van der Waals surface area contributed by atoms with Gasteiger partial charge < -0.3 is 10.2 Å². The third-order valence-electron chi connectivity index (χ3n) is 6.63. The number of nitriles is 1. The summed E-state index contributed by atoms with van der Waals surface area (Å²) in [6.45, 7) is 4.76. The first-order valence-corrected chi connectivity index (χ1v) is 12.8. The highest BCUT2D eigenvalue weighted by Gasteiger charge is 2.59. The Labute approximate surface area is 213 Å². The summed E-state index contributed by atoms with van der Waals surface area (Å²) in [7, 11) is 0. The summed E-state index contributed by atoms with van der Waals surface area (Å²) >= 11 is 1.34. The zero-order chi connectivity index (χ0) is 25.4. The number of carbonyl (C=O) groups is 2. The first-order valence-electron chi connectivity index (χ1n) is 11.8. The number of amides is 3. The van der Waals surface area contributed by atoms with Gasteiger partial charge in [0.2, 0.25) is 0 Å². The van der Waals surface area contributed by atoms with Gasteiger partial charge in [0.25, 0.3) is 5.91 Å². The fourth-order valence-electron chi connectivity index (χ4n) is 4.81. The van der Waals surface area contributed by atoms with Gasteiger partial charge in [0.05, 0.1) is 23.9 Å². The molecule has 0 aliphatic carbocycles. The Morgan fingerprint density at radius 1 is 1.17 bits per heavy atom. The summed E-state index contributed by atoms with van der Waals surface area (Å²) in [5, 5.41) is 12.2. The van der Waals surface area contributed by atoms with E-state index in [0.29, 0.717) is 40.7 Å². The number of thioether (sulfide) groups is 1. The number of benzene rings is 3. The molecule has 8 heteroatoms. The Bertz CT molecular complexity index is 1390. The number of halogens is 1. The molecule has 0 aromatic heterocycles. The van der Waals surface area contributed by atoms with Crippen molar-refractivity contribution in [3.05, 3.63) is 94.8 Å². The normalized spacial score (nSPS) is 18.6. The molecule has 36 heavy (non-hydrogen) atoms. The number of hydrogen-bond donors (Lipinski definition) is 1. The van der Waals surface area contributed by atoms with Crippen molar-refractivity contribution in [1.29, 1.82) is 5.26 Å². The van der Waals surface area contributed by atoms with Gasteiger partial charge >= 0.3 is 6.03 Å². The van der Waals surface area contributed by atoms with Crippen LogP contribution in [-0.4, -0.2) is 29.1 Å². The molecule has 5 rings (SSSR count). The number of fused-ring (bicyclic) bond motifs is 2. The second-order valence-corrected chi connectivity index (χ2v) is 10.5. The van der Waals surface area contributed by atoms with Crippen LogP contribution in [0.5, 0.6) is 0 Å². The maximum atomic E-state index is 14.5. The maximum Gasteiger partial charge on any atom is 0.323 e. The number of urea groups is 1. The Morgan fingerprint density at radius 3 is 2.67 bits per heavy atom. The summed E-state index contributed by atoms with van der Waals surface area (Å²) < 4.78 is 14.5. The molecule has 1 spiro atoms. The van der Waals surface area contributed by atoms with Gasteiger partial charge in [-0.1, -0.05) is 38.1 Å². The summed E-state index contributed by atoms with van der Waals surface area (Å²) in [5.41, 5.74) is 4.10. The Morgan fingerprint density at radius 2 is 1.94 bits per heavy atom. The van der Waals surface area contributed by atoms with Gasteiger partial charge in [-0.2, -0.15) is 5.26 Å². The van der Waals surface area contributed by atoms with Crippen LogP contribution in [0, 0.1) is 17.1 Å². The van der Waals surface area contributed by atoms with E-state index in [0.717, 1.165) is 11.1 Å². The summed E-state index contributed by atoms with van der Waals surface area (Å²) in [6, 6.07) is 20.7. The lowest BCUT2D eigenvalue weighted by Crippen LogP contribution is -2.51. The van der Waals surface area contributed by atoms with Crippen molar-refractivity contribution in [2.45, 2.75) is 31.2 Å². The van der Waals surface area contributed by atoms with Crippen LogP contribution in [-0.2, 0) is 16.2 Å². The highest BCUT2D eigenvalue weighted by Crippen LogP contribution is 2.54. The molecule has 2 aliphatic rings. The largest absolute Gasteiger partial charge is 0.323 e. The molecule has 182 valence electrons. The predicted molar refractivity (Wildman–Crippen MR) is 139 cm³/mol. The van der Waals surface area contributed by atoms with Gasteiger partial charge in [-0.15, -0.1) is 11.8 Å². The van der Waals surface area contributed by atoms with Crippen molar-refractivity contribution in [2.24, 2.45) is 0 Å². The topological polar surface area (TPSA) is 76.4 Å². The van der Waals surface area contributed by atoms with Crippen LogP contribution in [0.2, 0.25) is 0 Å².